The van der Waals surface area contributed by atoms with Crippen molar-refractivity contribution in [3.63, 3.8) is 0 Å². The predicted molar refractivity (Wildman–Crippen MR) is 86.7 cm³/mol. The zero-order valence-corrected chi connectivity index (χ0v) is 12.1. The lowest BCUT2D eigenvalue weighted by Crippen LogP contribution is -2.09. The summed E-state index contributed by atoms with van der Waals surface area (Å²) in [6, 6.07) is 19.5. The lowest BCUT2D eigenvalue weighted by atomic mass is 10.1. The number of phenolic OH excluding ortho intramolecular Hbond substituents is 1. The second kappa shape index (κ2) is 5.37. The first-order valence-corrected chi connectivity index (χ1v) is 6.78. The van der Waals surface area contributed by atoms with Gasteiger partial charge in [-0.2, -0.15) is 0 Å². The van der Waals surface area contributed by atoms with Gasteiger partial charge >= 0.3 is 0 Å². The highest BCUT2D eigenvalue weighted by Gasteiger charge is 2.08. The van der Waals surface area contributed by atoms with E-state index < -0.39 is 0 Å². The minimum absolute atomic E-state index is 0.273. The van der Waals surface area contributed by atoms with Crippen LogP contribution in [0.4, 0.5) is 11.4 Å². The van der Waals surface area contributed by atoms with Crippen molar-refractivity contribution in [2.75, 3.05) is 19.1 Å². The Kier molecular flexibility index (Phi) is 3.40. The van der Waals surface area contributed by atoms with Crippen molar-refractivity contribution in [3.8, 4) is 11.5 Å². The summed E-state index contributed by atoms with van der Waals surface area (Å²) >= 11 is 0. The van der Waals surface area contributed by atoms with Crippen LogP contribution in [0.1, 0.15) is 0 Å². The van der Waals surface area contributed by atoms with Gasteiger partial charge in [-0.3, -0.25) is 0 Å². The number of hydrogen-bond acceptors (Lipinski definition) is 3. The number of anilines is 2. The van der Waals surface area contributed by atoms with Gasteiger partial charge in [-0.1, -0.05) is 12.1 Å². The van der Waals surface area contributed by atoms with Crippen LogP contribution >= 0.6 is 0 Å². The number of nitrogens with zero attached hydrogens (tertiary/aromatic N) is 1. The van der Waals surface area contributed by atoms with Crippen LogP contribution in [0.5, 0.6) is 11.5 Å². The molecular formula is C18H17NO2. The quantitative estimate of drug-likeness (QED) is 0.775. The summed E-state index contributed by atoms with van der Waals surface area (Å²) in [6.45, 7) is 0. The molecule has 3 heteroatoms. The second-order valence-corrected chi connectivity index (χ2v) is 4.94. The van der Waals surface area contributed by atoms with Crippen molar-refractivity contribution >= 4 is 22.1 Å². The smallest absolute Gasteiger partial charge is 0.119 e. The lowest BCUT2D eigenvalue weighted by Gasteiger charge is -2.21. The minimum atomic E-state index is 0.273. The van der Waals surface area contributed by atoms with E-state index in [1.54, 1.807) is 19.2 Å². The summed E-state index contributed by atoms with van der Waals surface area (Å²) in [5.74, 6) is 1.13. The summed E-state index contributed by atoms with van der Waals surface area (Å²) < 4.78 is 5.28. The molecule has 3 aromatic carbocycles. The molecule has 3 rings (SSSR count). The van der Waals surface area contributed by atoms with Crippen LogP contribution in [0, 0.1) is 0 Å². The third-order valence-corrected chi connectivity index (χ3v) is 3.66. The molecule has 0 heterocycles. The van der Waals surface area contributed by atoms with Gasteiger partial charge in [-0.25, -0.2) is 0 Å². The van der Waals surface area contributed by atoms with Crippen LogP contribution in [-0.2, 0) is 0 Å². The minimum Gasteiger partial charge on any atom is -0.508 e. The van der Waals surface area contributed by atoms with E-state index in [-0.39, 0.29) is 5.75 Å². The molecule has 0 saturated carbocycles. The Hall–Kier alpha value is -2.68. The molecule has 0 aliphatic rings. The zero-order valence-electron chi connectivity index (χ0n) is 12.1. The van der Waals surface area contributed by atoms with Crippen LogP contribution in [0.25, 0.3) is 10.8 Å². The van der Waals surface area contributed by atoms with Crippen LogP contribution in [0.2, 0.25) is 0 Å². The number of methoxy groups -OCH3 is 1. The Balaban J connectivity index is 2.09. The molecule has 0 spiro atoms. The van der Waals surface area contributed by atoms with Crippen molar-refractivity contribution in [1.82, 2.24) is 0 Å². The van der Waals surface area contributed by atoms with Gasteiger partial charge in [-0.05, 0) is 53.9 Å². The first-order chi connectivity index (χ1) is 10.2. The number of benzene rings is 3. The Morgan fingerprint density at radius 1 is 0.952 bits per heavy atom. The SMILES string of the molecule is COc1ccc2c(N(C)c3ccc(O)cc3)cccc2c1. The van der Waals surface area contributed by atoms with Crippen LogP contribution in [-0.4, -0.2) is 19.3 Å². The van der Waals surface area contributed by atoms with Gasteiger partial charge in [-0.15, -0.1) is 0 Å². The normalized spacial score (nSPS) is 10.6. The average molecular weight is 279 g/mol. The fraction of sp³-hybridized carbons (Fsp3) is 0.111. The molecule has 0 fully saturated rings. The number of aromatic hydroxyl groups is 1. The summed E-state index contributed by atoms with van der Waals surface area (Å²) in [6.07, 6.45) is 0. The third kappa shape index (κ3) is 2.50. The molecule has 3 aromatic rings. The maximum absolute atomic E-state index is 9.41. The van der Waals surface area contributed by atoms with Gasteiger partial charge < -0.3 is 14.7 Å². The molecular weight excluding hydrogens is 262 g/mol. The molecule has 0 aliphatic heterocycles. The van der Waals surface area contributed by atoms with Gasteiger partial charge in [0.25, 0.3) is 0 Å². The van der Waals surface area contributed by atoms with E-state index >= 15 is 0 Å². The Labute approximate surface area is 124 Å². The molecule has 0 radical (unpaired) electrons. The van der Waals surface area contributed by atoms with Gasteiger partial charge in [0.15, 0.2) is 0 Å². The summed E-state index contributed by atoms with van der Waals surface area (Å²) in [5, 5.41) is 11.7. The number of ether oxygens (including phenoxy) is 1. The largest absolute Gasteiger partial charge is 0.508 e. The number of rotatable bonds is 3. The first kappa shape index (κ1) is 13.3. The van der Waals surface area contributed by atoms with Gasteiger partial charge in [0.05, 0.1) is 7.11 Å². The Morgan fingerprint density at radius 2 is 1.71 bits per heavy atom. The van der Waals surface area contributed by atoms with E-state index in [2.05, 4.69) is 23.1 Å². The maximum Gasteiger partial charge on any atom is 0.119 e. The monoisotopic (exact) mass is 279 g/mol. The van der Waals surface area contributed by atoms with Crippen LogP contribution in [0.3, 0.4) is 0 Å². The highest BCUT2D eigenvalue weighted by atomic mass is 16.5. The third-order valence-electron chi connectivity index (χ3n) is 3.66. The van der Waals surface area contributed by atoms with E-state index in [0.717, 1.165) is 27.9 Å². The fourth-order valence-corrected chi connectivity index (χ4v) is 2.48. The van der Waals surface area contributed by atoms with Gasteiger partial charge in [0.1, 0.15) is 11.5 Å². The molecule has 0 bridgehead atoms. The highest BCUT2D eigenvalue weighted by molar-refractivity contribution is 5.96. The molecule has 0 aromatic heterocycles. The van der Waals surface area contributed by atoms with Gasteiger partial charge in [0.2, 0.25) is 0 Å². The van der Waals surface area contributed by atoms with Crippen molar-refractivity contribution in [3.05, 3.63) is 60.7 Å². The van der Waals surface area contributed by atoms with Crippen LogP contribution in [0.15, 0.2) is 60.7 Å². The maximum atomic E-state index is 9.41. The Morgan fingerprint density at radius 3 is 2.43 bits per heavy atom. The molecule has 0 amide bonds. The molecule has 0 unspecified atom stereocenters. The van der Waals surface area contributed by atoms with Gasteiger partial charge in [0, 0.05) is 23.8 Å². The molecule has 0 aliphatic carbocycles. The Bertz CT molecular complexity index is 766. The average Bonchev–Trinajstić information content (AvgIpc) is 2.53. The molecule has 21 heavy (non-hydrogen) atoms. The van der Waals surface area contributed by atoms with Crippen molar-refractivity contribution < 1.29 is 9.84 Å². The first-order valence-electron chi connectivity index (χ1n) is 6.78. The standard InChI is InChI=1S/C18H17NO2/c1-19(14-6-8-15(20)9-7-14)18-5-3-4-13-12-16(21-2)10-11-17(13)18/h3-12,20H,1-2H3. The molecule has 0 atom stereocenters. The molecule has 106 valence electrons. The summed E-state index contributed by atoms with van der Waals surface area (Å²) in [4.78, 5) is 2.11. The highest BCUT2D eigenvalue weighted by Crippen LogP contribution is 2.33. The number of phenols is 1. The predicted octanol–water partition coefficient (Wildman–Crippen LogP) is 4.32. The van der Waals surface area contributed by atoms with Crippen molar-refractivity contribution in [2.24, 2.45) is 0 Å². The summed E-state index contributed by atoms with van der Waals surface area (Å²) in [7, 11) is 3.69. The number of fused-ring (bicyclic) bond motifs is 1. The zero-order chi connectivity index (χ0) is 14.8. The van der Waals surface area contributed by atoms with Crippen LogP contribution < -0.4 is 9.64 Å². The second-order valence-electron chi connectivity index (χ2n) is 4.94. The van der Waals surface area contributed by atoms with Crippen molar-refractivity contribution in [2.45, 2.75) is 0 Å². The van der Waals surface area contributed by atoms with E-state index in [9.17, 15) is 5.11 Å². The fourth-order valence-electron chi connectivity index (χ4n) is 2.48. The van der Waals surface area contributed by atoms with E-state index in [4.69, 9.17) is 4.74 Å². The molecule has 1 N–H and O–H groups in total. The topological polar surface area (TPSA) is 32.7 Å². The molecule has 0 saturated heterocycles. The van der Waals surface area contributed by atoms with E-state index in [1.807, 2.05) is 37.4 Å². The number of hydrogen-bond donors (Lipinski definition) is 1. The lowest BCUT2D eigenvalue weighted by molar-refractivity contribution is 0.415. The summed E-state index contributed by atoms with van der Waals surface area (Å²) in [5.41, 5.74) is 2.14. The van der Waals surface area contributed by atoms with E-state index in [1.165, 1.54) is 0 Å². The molecule has 3 nitrogen and oxygen atoms in total. The van der Waals surface area contributed by atoms with Crippen molar-refractivity contribution in [1.29, 1.82) is 0 Å². The van der Waals surface area contributed by atoms with E-state index in [0.29, 0.717) is 0 Å².